The van der Waals surface area contributed by atoms with Gasteiger partial charge in [0.2, 0.25) is 0 Å². The lowest BCUT2D eigenvalue weighted by molar-refractivity contribution is -0.120. The first-order chi connectivity index (χ1) is 10.4. The van der Waals surface area contributed by atoms with Gasteiger partial charge in [0.15, 0.2) is 0 Å². The lowest BCUT2D eigenvalue weighted by Gasteiger charge is -2.38. The fraction of sp³-hybridized carbons (Fsp3) is 0.882. The molecule has 134 valence electrons. The van der Waals surface area contributed by atoms with Gasteiger partial charge in [-0.1, -0.05) is 13.8 Å². The van der Waals surface area contributed by atoms with Gasteiger partial charge in [-0.3, -0.25) is 9.69 Å². The van der Waals surface area contributed by atoms with Gasteiger partial charge in [-0.2, -0.15) is 0 Å². The lowest BCUT2D eigenvalue weighted by Crippen LogP contribution is -2.51. The highest BCUT2D eigenvalue weighted by molar-refractivity contribution is 5.82. The van der Waals surface area contributed by atoms with Gasteiger partial charge in [0.1, 0.15) is 11.4 Å². The van der Waals surface area contributed by atoms with Crippen LogP contribution in [0.2, 0.25) is 0 Å². The Morgan fingerprint density at radius 1 is 1.09 bits per heavy atom. The second-order valence-electron chi connectivity index (χ2n) is 8.14. The number of carbonyl (C=O) groups is 2. The maximum atomic E-state index is 12.0. The maximum Gasteiger partial charge on any atom is 0.410 e. The van der Waals surface area contributed by atoms with E-state index in [0.717, 1.165) is 26.1 Å². The quantitative estimate of drug-likeness (QED) is 0.834. The fourth-order valence-electron chi connectivity index (χ4n) is 2.63. The molecule has 0 aromatic rings. The number of hydrogen-bond acceptors (Lipinski definition) is 5. The zero-order valence-electron chi connectivity index (χ0n) is 15.5. The standard InChI is InChI=1S/C17H33N3O3/c1-13(21)14(18)17(5,6)7-8-19-9-11-20(12-10-19)15(22)23-16(2,3)4/h14H,7-12,18H2,1-6H3/t14-/m1/s1. The van der Waals surface area contributed by atoms with Gasteiger partial charge in [0.25, 0.3) is 0 Å². The number of hydrogen-bond donors (Lipinski definition) is 1. The minimum Gasteiger partial charge on any atom is -0.444 e. The van der Waals surface area contributed by atoms with Crippen LogP contribution < -0.4 is 5.73 Å². The van der Waals surface area contributed by atoms with E-state index in [4.69, 9.17) is 10.5 Å². The third kappa shape index (κ3) is 6.47. The zero-order chi connectivity index (χ0) is 17.8. The summed E-state index contributed by atoms with van der Waals surface area (Å²) in [7, 11) is 0. The number of nitrogens with zero attached hydrogens (tertiary/aromatic N) is 2. The molecule has 0 bridgehead atoms. The summed E-state index contributed by atoms with van der Waals surface area (Å²) in [5.41, 5.74) is 5.32. The van der Waals surface area contributed by atoms with Crippen LogP contribution in [0, 0.1) is 5.41 Å². The second-order valence-corrected chi connectivity index (χ2v) is 8.14. The molecule has 0 aromatic heterocycles. The smallest absolute Gasteiger partial charge is 0.410 e. The average molecular weight is 327 g/mol. The third-order valence-corrected chi connectivity index (χ3v) is 4.38. The van der Waals surface area contributed by atoms with Crippen molar-refractivity contribution in [3.8, 4) is 0 Å². The summed E-state index contributed by atoms with van der Waals surface area (Å²) in [6, 6.07) is -0.425. The number of ketones is 1. The van der Waals surface area contributed by atoms with Crippen LogP contribution in [0.25, 0.3) is 0 Å². The van der Waals surface area contributed by atoms with Crippen LogP contribution in [-0.4, -0.2) is 66.0 Å². The van der Waals surface area contributed by atoms with Crippen LogP contribution in [-0.2, 0) is 9.53 Å². The molecule has 6 nitrogen and oxygen atoms in total. The number of ether oxygens (including phenoxy) is 1. The first-order valence-corrected chi connectivity index (χ1v) is 8.39. The van der Waals surface area contributed by atoms with Crippen molar-refractivity contribution in [2.24, 2.45) is 11.1 Å². The largest absolute Gasteiger partial charge is 0.444 e. The lowest BCUT2D eigenvalue weighted by atomic mass is 9.80. The van der Waals surface area contributed by atoms with E-state index in [-0.39, 0.29) is 17.3 Å². The van der Waals surface area contributed by atoms with Crippen LogP contribution in [0.5, 0.6) is 0 Å². The molecule has 0 radical (unpaired) electrons. The maximum absolute atomic E-state index is 12.0. The predicted molar refractivity (Wildman–Crippen MR) is 91.3 cm³/mol. The summed E-state index contributed by atoms with van der Waals surface area (Å²) in [4.78, 5) is 27.6. The molecule has 1 amide bonds. The number of nitrogens with two attached hydrogens (primary N) is 1. The van der Waals surface area contributed by atoms with Crippen LogP contribution in [0.4, 0.5) is 4.79 Å². The molecule has 1 fully saturated rings. The molecule has 0 saturated carbocycles. The van der Waals surface area contributed by atoms with E-state index >= 15 is 0 Å². The normalized spacial score (nSPS) is 18.7. The molecule has 2 N–H and O–H groups in total. The van der Waals surface area contributed by atoms with Crippen molar-refractivity contribution in [2.45, 2.75) is 59.6 Å². The Balaban J connectivity index is 2.40. The van der Waals surface area contributed by atoms with Crippen molar-refractivity contribution >= 4 is 11.9 Å². The van der Waals surface area contributed by atoms with Crippen LogP contribution >= 0.6 is 0 Å². The Morgan fingerprint density at radius 2 is 1.61 bits per heavy atom. The molecule has 1 heterocycles. The average Bonchev–Trinajstić information content (AvgIpc) is 2.43. The molecule has 1 aliphatic heterocycles. The Hall–Kier alpha value is -1.14. The van der Waals surface area contributed by atoms with Gasteiger partial charge in [0.05, 0.1) is 6.04 Å². The third-order valence-electron chi connectivity index (χ3n) is 4.38. The number of amides is 1. The Morgan fingerprint density at radius 3 is 2.04 bits per heavy atom. The van der Waals surface area contributed by atoms with Crippen molar-refractivity contribution in [2.75, 3.05) is 32.7 Å². The molecular weight excluding hydrogens is 294 g/mol. The second kappa shape index (κ2) is 7.62. The monoisotopic (exact) mass is 327 g/mol. The van der Waals surface area contributed by atoms with E-state index in [9.17, 15) is 9.59 Å². The molecule has 23 heavy (non-hydrogen) atoms. The summed E-state index contributed by atoms with van der Waals surface area (Å²) in [5, 5.41) is 0. The van der Waals surface area contributed by atoms with Gasteiger partial charge in [-0.05, 0) is 46.1 Å². The number of Topliss-reactive ketones (excluding diaryl/α,β-unsaturated/α-hetero) is 1. The minimum absolute atomic E-state index is 0.0322. The van der Waals surface area contributed by atoms with E-state index < -0.39 is 11.6 Å². The van der Waals surface area contributed by atoms with E-state index in [1.165, 1.54) is 0 Å². The summed E-state index contributed by atoms with van der Waals surface area (Å²) < 4.78 is 5.40. The van der Waals surface area contributed by atoms with Gasteiger partial charge in [-0.25, -0.2) is 4.79 Å². The van der Waals surface area contributed by atoms with E-state index in [1.54, 1.807) is 11.8 Å². The topological polar surface area (TPSA) is 75.9 Å². The minimum atomic E-state index is -0.457. The molecule has 6 heteroatoms. The fourth-order valence-corrected chi connectivity index (χ4v) is 2.63. The zero-order valence-corrected chi connectivity index (χ0v) is 15.5. The summed E-state index contributed by atoms with van der Waals surface area (Å²) in [6.07, 6.45) is 0.622. The molecule has 0 spiro atoms. The summed E-state index contributed by atoms with van der Waals surface area (Å²) in [6.45, 7) is 15.1. The first-order valence-electron chi connectivity index (χ1n) is 8.39. The van der Waals surface area contributed by atoms with Crippen LogP contribution in [0.15, 0.2) is 0 Å². The summed E-state index contributed by atoms with van der Waals surface area (Å²) in [5.74, 6) is 0.0322. The Kier molecular flexibility index (Phi) is 6.59. The number of piperazine rings is 1. The van der Waals surface area contributed by atoms with Crippen molar-refractivity contribution in [1.29, 1.82) is 0 Å². The number of rotatable bonds is 5. The highest BCUT2D eigenvalue weighted by Crippen LogP contribution is 2.25. The van der Waals surface area contributed by atoms with Crippen LogP contribution in [0.1, 0.15) is 48.0 Å². The molecule has 1 rings (SSSR count). The van der Waals surface area contributed by atoms with Gasteiger partial charge >= 0.3 is 6.09 Å². The SMILES string of the molecule is CC(=O)[C@@H](N)C(C)(C)CCN1CCN(C(=O)OC(C)(C)C)CC1. The Bertz CT molecular complexity index is 421. The van der Waals surface area contributed by atoms with Crippen molar-refractivity contribution in [1.82, 2.24) is 9.80 Å². The Labute approximate surface area is 140 Å². The van der Waals surface area contributed by atoms with Crippen LogP contribution in [0.3, 0.4) is 0 Å². The van der Waals surface area contributed by atoms with Crippen molar-refractivity contribution < 1.29 is 14.3 Å². The van der Waals surface area contributed by atoms with E-state index in [1.807, 2.05) is 34.6 Å². The highest BCUT2D eigenvalue weighted by Gasteiger charge is 2.31. The van der Waals surface area contributed by atoms with E-state index in [0.29, 0.717) is 13.1 Å². The van der Waals surface area contributed by atoms with Gasteiger partial charge < -0.3 is 15.4 Å². The predicted octanol–water partition coefficient (Wildman–Crippen LogP) is 1.87. The first kappa shape index (κ1) is 19.9. The van der Waals surface area contributed by atoms with Crippen molar-refractivity contribution in [3.05, 3.63) is 0 Å². The van der Waals surface area contributed by atoms with Gasteiger partial charge in [-0.15, -0.1) is 0 Å². The van der Waals surface area contributed by atoms with Crippen molar-refractivity contribution in [3.63, 3.8) is 0 Å². The molecule has 1 aliphatic rings. The molecular formula is C17H33N3O3. The van der Waals surface area contributed by atoms with E-state index in [2.05, 4.69) is 4.90 Å². The molecule has 0 aromatic carbocycles. The van der Waals surface area contributed by atoms with Gasteiger partial charge in [0, 0.05) is 26.2 Å². The molecule has 1 saturated heterocycles. The molecule has 1 atom stereocenters. The summed E-state index contributed by atoms with van der Waals surface area (Å²) >= 11 is 0. The number of carbonyl (C=O) groups excluding carboxylic acids is 2. The highest BCUT2D eigenvalue weighted by atomic mass is 16.6. The molecule has 0 aliphatic carbocycles. The molecule has 0 unspecified atom stereocenters.